The van der Waals surface area contributed by atoms with Crippen molar-refractivity contribution in [3.8, 4) is 0 Å². The molecule has 0 saturated heterocycles. The summed E-state index contributed by atoms with van der Waals surface area (Å²) in [5, 5.41) is 0. The summed E-state index contributed by atoms with van der Waals surface area (Å²) in [4.78, 5) is 13.2. The number of carbonyl (C=O) groups is 1. The molecule has 1 aromatic carbocycles. The monoisotopic (exact) mass is 201 g/mol. The van der Waals surface area contributed by atoms with Gasteiger partial charge in [-0.3, -0.25) is 4.79 Å². The lowest BCUT2D eigenvalue weighted by Crippen LogP contribution is -2.13. The molecular formula is C13H15NO. The molecule has 0 radical (unpaired) electrons. The topological polar surface area (TPSA) is 20.3 Å². The normalized spacial score (nSPS) is 17.7. The van der Waals surface area contributed by atoms with Gasteiger partial charge >= 0.3 is 0 Å². The van der Waals surface area contributed by atoms with Crippen molar-refractivity contribution in [1.29, 1.82) is 0 Å². The van der Waals surface area contributed by atoms with Crippen molar-refractivity contribution < 1.29 is 4.79 Å². The van der Waals surface area contributed by atoms with Gasteiger partial charge in [-0.15, -0.1) is 0 Å². The lowest BCUT2D eigenvalue weighted by molar-refractivity contribution is -0.118. The maximum absolute atomic E-state index is 11.1. The molecule has 2 rings (SSSR count). The van der Waals surface area contributed by atoms with E-state index >= 15 is 0 Å². The molecule has 0 heterocycles. The molecule has 0 spiro atoms. The molecule has 2 nitrogen and oxygen atoms in total. The average Bonchev–Trinajstić information content (AvgIpc) is 2.24. The summed E-state index contributed by atoms with van der Waals surface area (Å²) in [5.41, 5.74) is 3.26. The lowest BCUT2D eigenvalue weighted by atomic mass is 9.89. The molecular weight excluding hydrogens is 186 g/mol. The van der Waals surface area contributed by atoms with Gasteiger partial charge in [-0.2, -0.15) is 0 Å². The van der Waals surface area contributed by atoms with Crippen LogP contribution in [0, 0.1) is 0 Å². The third-order valence-corrected chi connectivity index (χ3v) is 2.73. The van der Waals surface area contributed by atoms with Crippen LogP contribution in [0.25, 0.3) is 6.08 Å². The van der Waals surface area contributed by atoms with Crippen LogP contribution in [-0.4, -0.2) is 19.9 Å². The van der Waals surface area contributed by atoms with Crippen molar-refractivity contribution in [3.05, 3.63) is 35.4 Å². The minimum atomic E-state index is 0.298. The van der Waals surface area contributed by atoms with Crippen LogP contribution in [-0.2, 0) is 4.79 Å². The first-order chi connectivity index (χ1) is 7.16. The molecule has 1 saturated carbocycles. The first-order valence-corrected chi connectivity index (χ1v) is 5.18. The summed E-state index contributed by atoms with van der Waals surface area (Å²) < 4.78 is 0. The molecule has 0 bridgehead atoms. The molecule has 0 N–H and O–H groups in total. The molecule has 0 amide bonds. The molecule has 2 heteroatoms. The zero-order valence-corrected chi connectivity index (χ0v) is 9.16. The Hall–Kier alpha value is -1.57. The van der Waals surface area contributed by atoms with Crippen LogP contribution in [0.2, 0.25) is 0 Å². The fraction of sp³-hybridized carbons (Fsp3) is 0.308. The van der Waals surface area contributed by atoms with E-state index in [0.29, 0.717) is 5.78 Å². The first-order valence-electron chi connectivity index (χ1n) is 5.18. The van der Waals surface area contributed by atoms with Gasteiger partial charge in [-0.25, -0.2) is 0 Å². The van der Waals surface area contributed by atoms with Gasteiger partial charge in [0.05, 0.1) is 0 Å². The number of benzene rings is 1. The van der Waals surface area contributed by atoms with Gasteiger partial charge in [0.15, 0.2) is 5.78 Å². The fourth-order valence-electron chi connectivity index (χ4n) is 1.59. The average molecular weight is 201 g/mol. The van der Waals surface area contributed by atoms with Gasteiger partial charge in [-0.05, 0) is 35.8 Å². The molecule has 0 atom stereocenters. The van der Waals surface area contributed by atoms with E-state index in [2.05, 4.69) is 17.0 Å². The predicted octanol–water partition coefficient (Wildman–Crippen LogP) is 2.50. The van der Waals surface area contributed by atoms with Crippen molar-refractivity contribution in [2.45, 2.75) is 12.8 Å². The van der Waals surface area contributed by atoms with Crippen LogP contribution in [0.1, 0.15) is 18.4 Å². The summed E-state index contributed by atoms with van der Waals surface area (Å²) >= 11 is 0. The summed E-state index contributed by atoms with van der Waals surface area (Å²) in [6.07, 6.45) is 3.65. The van der Waals surface area contributed by atoms with Crippen molar-refractivity contribution in [2.24, 2.45) is 0 Å². The van der Waals surface area contributed by atoms with Crippen LogP contribution < -0.4 is 4.90 Å². The van der Waals surface area contributed by atoms with Gasteiger partial charge in [0.25, 0.3) is 0 Å². The highest BCUT2D eigenvalue weighted by atomic mass is 16.1. The quantitative estimate of drug-likeness (QED) is 0.685. The number of nitrogens with zero attached hydrogens (tertiary/aromatic N) is 1. The fourth-order valence-corrected chi connectivity index (χ4v) is 1.59. The maximum Gasteiger partial charge on any atom is 0.159 e. The molecule has 0 aromatic heterocycles. The number of allylic oxidation sites excluding steroid dienone is 1. The Morgan fingerprint density at radius 1 is 1.13 bits per heavy atom. The number of anilines is 1. The van der Waals surface area contributed by atoms with Crippen LogP contribution in [0.3, 0.4) is 0 Å². The molecule has 15 heavy (non-hydrogen) atoms. The van der Waals surface area contributed by atoms with Gasteiger partial charge in [0, 0.05) is 26.2 Å². The molecule has 1 aromatic rings. The largest absolute Gasteiger partial charge is 0.378 e. The Kier molecular flexibility index (Phi) is 2.58. The maximum atomic E-state index is 11.1. The molecule has 0 unspecified atom stereocenters. The minimum absolute atomic E-state index is 0.298. The van der Waals surface area contributed by atoms with Gasteiger partial charge < -0.3 is 4.90 Å². The van der Waals surface area contributed by atoms with E-state index in [1.54, 1.807) is 0 Å². The van der Waals surface area contributed by atoms with Crippen LogP contribution in [0.5, 0.6) is 0 Å². The Morgan fingerprint density at radius 3 is 2.20 bits per heavy atom. The Balaban J connectivity index is 2.17. The highest BCUT2D eigenvalue weighted by molar-refractivity contribution is 6.05. The van der Waals surface area contributed by atoms with Crippen molar-refractivity contribution >= 4 is 17.5 Å². The van der Waals surface area contributed by atoms with Crippen LogP contribution >= 0.6 is 0 Å². The minimum Gasteiger partial charge on any atom is -0.378 e. The summed E-state index contributed by atoms with van der Waals surface area (Å²) in [7, 11) is 4.03. The lowest BCUT2D eigenvalue weighted by Gasteiger charge is -2.15. The number of hydrogen-bond acceptors (Lipinski definition) is 2. The summed E-state index contributed by atoms with van der Waals surface area (Å²) in [6.45, 7) is 0. The number of Topliss-reactive ketones (excluding diaryl/α,β-unsaturated/α-hetero) is 1. The molecule has 78 valence electrons. The van der Waals surface area contributed by atoms with Crippen molar-refractivity contribution in [2.75, 3.05) is 19.0 Å². The van der Waals surface area contributed by atoms with E-state index in [9.17, 15) is 4.79 Å². The van der Waals surface area contributed by atoms with Crippen LogP contribution in [0.4, 0.5) is 5.69 Å². The zero-order valence-electron chi connectivity index (χ0n) is 9.16. The number of rotatable bonds is 2. The number of hydrogen-bond donors (Lipinski definition) is 0. The summed E-state index contributed by atoms with van der Waals surface area (Å²) in [5.74, 6) is 0.298. The Morgan fingerprint density at radius 2 is 1.80 bits per heavy atom. The Bertz CT molecular complexity index is 401. The van der Waals surface area contributed by atoms with Gasteiger partial charge in [0.1, 0.15) is 0 Å². The molecule has 0 aliphatic heterocycles. The molecule has 1 aliphatic rings. The number of carbonyl (C=O) groups excluding carboxylic acids is 1. The summed E-state index contributed by atoms with van der Waals surface area (Å²) in [6, 6.07) is 8.23. The van der Waals surface area contributed by atoms with Gasteiger partial charge in [-0.1, -0.05) is 12.1 Å². The Labute approximate surface area is 90.2 Å². The van der Waals surface area contributed by atoms with Crippen molar-refractivity contribution in [1.82, 2.24) is 0 Å². The number of ketones is 1. The third-order valence-electron chi connectivity index (χ3n) is 2.73. The second-order valence-corrected chi connectivity index (χ2v) is 4.08. The smallest absolute Gasteiger partial charge is 0.159 e. The third kappa shape index (κ3) is 2.09. The van der Waals surface area contributed by atoms with E-state index in [0.717, 1.165) is 24.0 Å². The highest BCUT2D eigenvalue weighted by Crippen LogP contribution is 2.24. The predicted molar refractivity (Wildman–Crippen MR) is 63.0 cm³/mol. The molecule has 1 fully saturated rings. The highest BCUT2D eigenvalue weighted by Gasteiger charge is 2.19. The van der Waals surface area contributed by atoms with E-state index in [1.165, 1.54) is 5.69 Å². The van der Waals surface area contributed by atoms with E-state index < -0.39 is 0 Å². The van der Waals surface area contributed by atoms with E-state index in [-0.39, 0.29) is 0 Å². The van der Waals surface area contributed by atoms with Crippen LogP contribution in [0.15, 0.2) is 29.8 Å². The second-order valence-electron chi connectivity index (χ2n) is 4.08. The van der Waals surface area contributed by atoms with E-state index in [4.69, 9.17) is 0 Å². The zero-order chi connectivity index (χ0) is 10.8. The first kappa shape index (κ1) is 9.97. The van der Waals surface area contributed by atoms with E-state index in [1.807, 2.05) is 32.3 Å². The van der Waals surface area contributed by atoms with Gasteiger partial charge in [0.2, 0.25) is 0 Å². The molecule has 1 aliphatic carbocycles. The van der Waals surface area contributed by atoms with Crippen molar-refractivity contribution in [3.63, 3.8) is 0 Å². The standard InChI is InChI=1S/C13H15NO/c1-14(2)12-6-3-10(4-7-12)9-11-5-8-13(11)15/h3-4,6-7,9H,5,8H2,1-2H3. The second kappa shape index (κ2) is 3.89. The SMILES string of the molecule is CN(C)c1ccc(C=C2CCC2=O)cc1.